The molecule has 8 heteroatoms. The summed E-state index contributed by atoms with van der Waals surface area (Å²) in [5.74, 6) is -0.136. The number of benzene rings is 2. The maximum atomic E-state index is 12.9. The molecule has 0 fully saturated rings. The summed E-state index contributed by atoms with van der Waals surface area (Å²) in [7, 11) is 0. The van der Waals surface area contributed by atoms with Crippen molar-refractivity contribution in [3.63, 3.8) is 0 Å². The van der Waals surface area contributed by atoms with E-state index in [0.717, 1.165) is 0 Å². The first-order valence-corrected chi connectivity index (χ1v) is 7.92. The van der Waals surface area contributed by atoms with Gasteiger partial charge in [-0.25, -0.2) is 4.98 Å². The second-order valence-electron chi connectivity index (χ2n) is 5.47. The van der Waals surface area contributed by atoms with Gasteiger partial charge in [0, 0.05) is 6.54 Å². The van der Waals surface area contributed by atoms with Crippen LogP contribution in [0.2, 0.25) is 10.0 Å². The van der Waals surface area contributed by atoms with Crippen molar-refractivity contribution in [1.82, 2.24) is 9.55 Å². The minimum Gasteiger partial charge on any atom is -0.323 e. The maximum Gasteiger partial charge on any atom is 0.396 e. The third-order valence-electron chi connectivity index (χ3n) is 3.62. The van der Waals surface area contributed by atoms with Gasteiger partial charge in [-0.05, 0) is 29.8 Å². The molecule has 25 heavy (non-hydrogen) atoms. The quantitative estimate of drug-likeness (QED) is 0.610. The monoisotopic (exact) mass is 383 g/mol. The predicted molar refractivity (Wildman–Crippen MR) is 89.8 cm³/mol. The molecule has 0 saturated carbocycles. The number of aromatic nitrogens is 2. The molecule has 3 rings (SSSR count). The molecule has 3 nitrogen and oxygen atoms in total. The lowest BCUT2D eigenvalue weighted by molar-refractivity contribution is -0.128. The van der Waals surface area contributed by atoms with E-state index < -0.39 is 12.6 Å². The summed E-state index contributed by atoms with van der Waals surface area (Å²) in [6, 6.07) is 11.6. The Hall–Kier alpha value is -2.23. The van der Waals surface area contributed by atoms with Gasteiger partial charge in [-0.15, -0.1) is 0 Å². The molecule has 2 aromatic carbocycles. The van der Waals surface area contributed by atoms with Gasteiger partial charge in [0.2, 0.25) is 0 Å². The van der Waals surface area contributed by atoms with Crippen molar-refractivity contribution in [3.05, 3.63) is 63.4 Å². The van der Waals surface area contributed by atoms with Gasteiger partial charge in [-0.3, -0.25) is 0 Å². The molecular weight excluding hydrogens is 374 g/mol. The third kappa shape index (κ3) is 3.89. The molecule has 0 saturated heterocycles. The molecule has 0 atom stereocenters. The average Bonchev–Trinajstić information content (AvgIpc) is 2.83. The zero-order valence-corrected chi connectivity index (χ0v) is 14.1. The molecule has 1 aromatic heterocycles. The lowest BCUT2D eigenvalue weighted by Gasteiger charge is -2.11. The summed E-state index contributed by atoms with van der Waals surface area (Å²) in [6.07, 6.45) is -5.57. The summed E-state index contributed by atoms with van der Waals surface area (Å²) in [5.41, 5.74) is 1.91. The van der Waals surface area contributed by atoms with Crippen molar-refractivity contribution in [2.24, 2.45) is 0 Å². The van der Waals surface area contributed by atoms with Crippen molar-refractivity contribution in [2.75, 3.05) is 0 Å². The SMILES string of the molecule is N#Cc1cccc(Cn2c(CC(F)(F)F)nc3cc(Cl)c(Cl)cc32)c1. The van der Waals surface area contributed by atoms with Crippen molar-refractivity contribution < 1.29 is 13.2 Å². The van der Waals surface area contributed by atoms with Crippen molar-refractivity contribution in [2.45, 2.75) is 19.1 Å². The summed E-state index contributed by atoms with van der Waals surface area (Å²) >= 11 is 12.0. The van der Waals surface area contributed by atoms with Crippen LogP contribution >= 0.6 is 23.2 Å². The Balaban J connectivity index is 2.14. The number of alkyl halides is 3. The topological polar surface area (TPSA) is 41.6 Å². The van der Waals surface area contributed by atoms with E-state index in [9.17, 15) is 13.2 Å². The van der Waals surface area contributed by atoms with E-state index in [1.807, 2.05) is 6.07 Å². The molecule has 0 amide bonds. The van der Waals surface area contributed by atoms with Crippen LogP contribution in [0, 0.1) is 11.3 Å². The Morgan fingerprint density at radius 1 is 1.12 bits per heavy atom. The van der Waals surface area contributed by atoms with E-state index in [4.69, 9.17) is 28.5 Å². The first kappa shape index (κ1) is 17.6. The van der Waals surface area contributed by atoms with Crippen LogP contribution in [-0.2, 0) is 13.0 Å². The van der Waals surface area contributed by atoms with E-state index in [1.165, 1.54) is 16.7 Å². The van der Waals surface area contributed by atoms with Crippen molar-refractivity contribution in [1.29, 1.82) is 5.26 Å². The number of hydrogen-bond donors (Lipinski definition) is 0. The van der Waals surface area contributed by atoms with Crippen LogP contribution < -0.4 is 0 Å². The molecule has 0 bridgehead atoms. The molecule has 0 aliphatic carbocycles. The fraction of sp³-hybridized carbons (Fsp3) is 0.176. The molecule has 0 spiro atoms. The molecule has 0 radical (unpaired) electrons. The highest BCUT2D eigenvalue weighted by Gasteiger charge is 2.31. The standard InChI is InChI=1S/C17H10Cl2F3N3/c18-12-5-14-15(6-13(12)19)25(16(24-14)7-17(20,21)22)9-11-3-1-2-10(4-11)8-23/h1-6H,7,9H2. The fourth-order valence-electron chi connectivity index (χ4n) is 2.58. The molecular formula is C17H10Cl2F3N3. The van der Waals surface area contributed by atoms with Gasteiger partial charge in [-0.1, -0.05) is 35.3 Å². The molecule has 1 heterocycles. The number of halogens is 5. The average molecular weight is 384 g/mol. The van der Waals surface area contributed by atoms with Gasteiger partial charge in [0.15, 0.2) is 0 Å². The van der Waals surface area contributed by atoms with Crippen LogP contribution in [0.25, 0.3) is 11.0 Å². The molecule has 128 valence electrons. The van der Waals surface area contributed by atoms with Crippen LogP contribution in [-0.4, -0.2) is 15.7 Å². The van der Waals surface area contributed by atoms with E-state index in [1.54, 1.807) is 24.3 Å². The first-order valence-electron chi connectivity index (χ1n) is 7.17. The van der Waals surface area contributed by atoms with Crippen LogP contribution in [0.5, 0.6) is 0 Å². The largest absolute Gasteiger partial charge is 0.396 e. The summed E-state index contributed by atoms with van der Waals surface area (Å²) in [5, 5.41) is 9.45. The summed E-state index contributed by atoms with van der Waals surface area (Å²) in [4.78, 5) is 4.07. The second kappa shape index (κ2) is 6.58. The lowest BCUT2D eigenvalue weighted by atomic mass is 10.1. The van der Waals surface area contributed by atoms with Crippen molar-refractivity contribution in [3.8, 4) is 6.07 Å². The summed E-state index contributed by atoms with van der Waals surface area (Å²) < 4.78 is 40.2. The maximum absolute atomic E-state index is 12.9. The van der Waals surface area contributed by atoms with Crippen molar-refractivity contribution >= 4 is 34.2 Å². The molecule has 3 aromatic rings. The molecule has 0 aliphatic heterocycles. The van der Waals surface area contributed by atoms with Gasteiger partial charge in [0.25, 0.3) is 0 Å². The van der Waals surface area contributed by atoms with Gasteiger partial charge >= 0.3 is 6.18 Å². The number of nitriles is 1. The van der Waals surface area contributed by atoms with Crippen LogP contribution in [0.4, 0.5) is 13.2 Å². The lowest BCUT2D eigenvalue weighted by Crippen LogP contribution is -2.16. The van der Waals surface area contributed by atoms with E-state index in [2.05, 4.69) is 4.98 Å². The highest BCUT2D eigenvalue weighted by atomic mass is 35.5. The number of hydrogen-bond acceptors (Lipinski definition) is 2. The Kier molecular flexibility index (Phi) is 4.63. The number of nitrogens with zero attached hydrogens (tertiary/aromatic N) is 3. The van der Waals surface area contributed by atoms with Gasteiger partial charge in [-0.2, -0.15) is 18.4 Å². The van der Waals surface area contributed by atoms with Crippen LogP contribution in [0.3, 0.4) is 0 Å². The Labute approximate surface area is 151 Å². The normalized spacial score (nSPS) is 11.7. The smallest absolute Gasteiger partial charge is 0.323 e. The predicted octanol–water partition coefficient (Wildman–Crippen LogP) is 5.37. The van der Waals surface area contributed by atoms with E-state index in [0.29, 0.717) is 22.2 Å². The number of imidazole rings is 1. The Morgan fingerprint density at radius 3 is 2.52 bits per heavy atom. The minimum absolute atomic E-state index is 0.134. The van der Waals surface area contributed by atoms with E-state index >= 15 is 0 Å². The first-order chi connectivity index (χ1) is 11.8. The zero-order valence-electron chi connectivity index (χ0n) is 12.6. The highest BCUT2D eigenvalue weighted by Crippen LogP contribution is 2.31. The van der Waals surface area contributed by atoms with Crippen LogP contribution in [0.1, 0.15) is 17.0 Å². The third-order valence-corrected chi connectivity index (χ3v) is 4.35. The molecule has 0 unspecified atom stereocenters. The fourth-order valence-corrected chi connectivity index (χ4v) is 2.90. The number of rotatable bonds is 3. The van der Waals surface area contributed by atoms with Crippen LogP contribution in [0.15, 0.2) is 36.4 Å². The zero-order chi connectivity index (χ0) is 18.2. The number of fused-ring (bicyclic) bond motifs is 1. The summed E-state index contributed by atoms with van der Waals surface area (Å²) in [6.45, 7) is 0.134. The second-order valence-corrected chi connectivity index (χ2v) is 6.29. The minimum atomic E-state index is -4.40. The van der Waals surface area contributed by atoms with Gasteiger partial charge in [0.05, 0.1) is 32.7 Å². The van der Waals surface area contributed by atoms with Gasteiger partial charge < -0.3 is 4.57 Å². The Bertz CT molecular complexity index is 987. The molecule has 0 N–H and O–H groups in total. The van der Waals surface area contributed by atoms with E-state index in [-0.39, 0.29) is 22.4 Å². The van der Waals surface area contributed by atoms with Gasteiger partial charge in [0.1, 0.15) is 12.2 Å². The Morgan fingerprint density at radius 2 is 1.84 bits per heavy atom. The highest BCUT2D eigenvalue weighted by molar-refractivity contribution is 6.42. The molecule has 0 aliphatic rings.